The van der Waals surface area contributed by atoms with E-state index in [-0.39, 0.29) is 33.0 Å². The van der Waals surface area contributed by atoms with E-state index in [1.54, 1.807) is 6.07 Å². The maximum atomic E-state index is 12.7. The van der Waals surface area contributed by atoms with Crippen molar-refractivity contribution in [3.8, 4) is 11.5 Å². The van der Waals surface area contributed by atoms with Crippen LogP contribution in [0.3, 0.4) is 0 Å². The minimum absolute atomic E-state index is 0. The molecule has 0 N–H and O–H groups in total. The number of para-hydroxylation sites is 1. The zero-order valence-corrected chi connectivity index (χ0v) is 16.8. The Morgan fingerprint density at radius 2 is 1.62 bits per heavy atom. The number of benzene rings is 3. The molecule has 1 radical (unpaired) electrons. The van der Waals surface area contributed by atoms with Gasteiger partial charge in [0, 0.05) is 24.4 Å². The Hall–Kier alpha value is -1.55. The van der Waals surface area contributed by atoms with Crippen LogP contribution in [0.1, 0.15) is 21.5 Å². The molecule has 1 atom stereocenters. The molecule has 0 bridgehead atoms. The van der Waals surface area contributed by atoms with Gasteiger partial charge in [-0.05, 0) is 69.2 Å². The van der Waals surface area contributed by atoms with Gasteiger partial charge in [-0.15, -0.1) is 0 Å². The largest absolute Gasteiger partial charge is 0.457 e. The van der Waals surface area contributed by atoms with Crippen molar-refractivity contribution >= 4 is 49.9 Å². The number of hydrogen-bond acceptors (Lipinski definition) is 2. The van der Waals surface area contributed by atoms with Crippen LogP contribution < -0.4 is 10.0 Å². The third kappa shape index (κ3) is 5.00. The van der Waals surface area contributed by atoms with Gasteiger partial charge < -0.3 is 4.74 Å². The van der Waals surface area contributed by atoms with Gasteiger partial charge in [0.1, 0.15) is 11.5 Å². The second-order valence-corrected chi connectivity index (χ2v) is 7.43. The van der Waals surface area contributed by atoms with E-state index in [2.05, 4.69) is 0 Å². The van der Waals surface area contributed by atoms with Crippen molar-refractivity contribution < 1.29 is 9.53 Å². The topological polar surface area (TPSA) is 26.3 Å². The maximum Gasteiger partial charge on any atom is 0.187 e. The summed E-state index contributed by atoms with van der Waals surface area (Å²) in [7, 11) is 0.0327. The number of rotatable bonds is 5. The molecule has 127 valence electrons. The summed E-state index contributed by atoms with van der Waals surface area (Å²) < 4.78 is 5.84. The molecule has 1 unspecified atom stereocenters. The number of ether oxygens (including phenoxy) is 1. The number of carbonyl (C=O) groups is 1. The molecular weight excluding hydrogens is 358 g/mol. The van der Waals surface area contributed by atoms with Gasteiger partial charge in [-0.2, -0.15) is 0 Å². The monoisotopic (exact) mass is 375 g/mol. The molecule has 0 fully saturated rings. The van der Waals surface area contributed by atoms with Gasteiger partial charge in [0.15, 0.2) is 5.52 Å². The van der Waals surface area contributed by atoms with Crippen LogP contribution in [0.4, 0.5) is 0 Å². The first kappa shape index (κ1) is 20.8. The van der Waals surface area contributed by atoms with E-state index in [9.17, 15) is 4.79 Å². The number of hydrogen-bond donors (Lipinski definition) is 0. The zero-order valence-electron chi connectivity index (χ0n) is 15.0. The summed E-state index contributed by atoms with van der Waals surface area (Å²) in [5, 5.41) is 1.52. The smallest absolute Gasteiger partial charge is 0.187 e. The van der Waals surface area contributed by atoms with Crippen LogP contribution in [0.2, 0.25) is 5.02 Å². The molecule has 0 saturated heterocycles. The average molecular weight is 376 g/mol. The van der Waals surface area contributed by atoms with Crippen LogP contribution in [0.25, 0.3) is 0 Å². The van der Waals surface area contributed by atoms with Crippen LogP contribution in [0, 0.1) is 13.8 Å². The summed E-state index contributed by atoms with van der Waals surface area (Å²) in [6.07, 6.45) is 0. The molecule has 2 nitrogen and oxygen atoms in total. The van der Waals surface area contributed by atoms with Gasteiger partial charge >= 0.3 is 0 Å². The van der Waals surface area contributed by atoms with Crippen LogP contribution in [0.15, 0.2) is 66.7 Å². The quantitative estimate of drug-likeness (QED) is 0.434. The Kier molecular flexibility index (Phi) is 7.51. The van der Waals surface area contributed by atoms with Gasteiger partial charge in [0.25, 0.3) is 0 Å². The van der Waals surface area contributed by atoms with Gasteiger partial charge in [-0.1, -0.05) is 48.0 Å². The van der Waals surface area contributed by atoms with E-state index in [1.165, 1.54) is 0 Å². The molecule has 0 heterocycles. The summed E-state index contributed by atoms with van der Waals surface area (Å²) in [5.74, 6) is 1.55. The Labute approximate surface area is 172 Å². The molecule has 3 aromatic carbocycles. The third-order valence-electron chi connectivity index (χ3n) is 3.87. The predicted octanol–water partition coefficient (Wildman–Crippen LogP) is 5.51. The van der Waals surface area contributed by atoms with E-state index in [4.69, 9.17) is 16.3 Å². The van der Waals surface area contributed by atoms with Crippen molar-refractivity contribution in [3.63, 3.8) is 0 Å². The van der Waals surface area contributed by atoms with Crippen LogP contribution >= 0.6 is 20.2 Å². The SMILES string of the molecule is Cc1cc(Oc2ccccc2)ccc1PC(=O)c1c(C)cccc1Cl.[Li]. The van der Waals surface area contributed by atoms with Crippen LogP contribution in [-0.4, -0.2) is 24.4 Å². The van der Waals surface area contributed by atoms with Crippen molar-refractivity contribution in [2.75, 3.05) is 0 Å². The Bertz CT molecular complexity index is 893. The second-order valence-electron chi connectivity index (χ2n) is 5.78. The number of halogens is 1. The maximum absolute atomic E-state index is 12.7. The summed E-state index contributed by atoms with van der Waals surface area (Å²) in [4.78, 5) is 12.7. The number of aryl methyl sites for hydroxylation is 2. The molecule has 0 aliphatic heterocycles. The van der Waals surface area contributed by atoms with Gasteiger partial charge in [0.05, 0.1) is 5.02 Å². The first-order valence-electron chi connectivity index (χ1n) is 7.94. The normalized spacial score (nSPS) is 10.6. The Morgan fingerprint density at radius 1 is 0.885 bits per heavy atom. The Balaban J connectivity index is 0.00000243. The standard InChI is InChI=1S/C21H18ClO2P.Li/c1-14-7-6-10-18(22)20(14)21(23)25-19-12-11-17(13-15(19)2)24-16-8-4-3-5-9-16;/h3-13,25H,1-2H3;. The summed E-state index contributed by atoms with van der Waals surface area (Å²) in [6.45, 7) is 3.90. The van der Waals surface area contributed by atoms with Gasteiger partial charge in [-0.3, -0.25) is 4.79 Å². The van der Waals surface area contributed by atoms with Crippen molar-refractivity contribution in [1.82, 2.24) is 0 Å². The van der Waals surface area contributed by atoms with Crippen LogP contribution in [-0.2, 0) is 0 Å². The van der Waals surface area contributed by atoms with E-state index in [0.717, 1.165) is 27.9 Å². The molecule has 0 aromatic heterocycles. The zero-order chi connectivity index (χ0) is 17.8. The number of carbonyl (C=O) groups excluding carboxylic acids is 1. The molecule has 0 aliphatic rings. The second kappa shape index (κ2) is 9.40. The fourth-order valence-electron chi connectivity index (χ4n) is 2.57. The van der Waals surface area contributed by atoms with Gasteiger partial charge in [0.2, 0.25) is 0 Å². The first-order valence-corrected chi connectivity index (χ1v) is 9.32. The third-order valence-corrected chi connectivity index (χ3v) is 5.50. The first-order chi connectivity index (χ1) is 12.0. The molecule has 3 rings (SSSR count). The van der Waals surface area contributed by atoms with Crippen LogP contribution in [0.5, 0.6) is 11.5 Å². The molecule has 0 spiro atoms. The molecule has 5 heteroatoms. The molecule has 26 heavy (non-hydrogen) atoms. The fraction of sp³-hybridized carbons (Fsp3) is 0.0952. The van der Waals surface area contributed by atoms with E-state index >= 15 is 0 Å². The Morgan fingerprint density at radius 3 is 2.27 bits per heavy atom. The molecular formula is C21H18ClLiO2P. The van der Waals surface area contributed by atoms with Crippen molar-refractivity contribution in [1.29, 1.82) is 0 Å². The molecule has 0 aliphatic carbocycles. The van der Waals surface area contributed by atoms with Gasteiger partial charge in [-0.25, -0.2) is 0 Å². The van der Waals surface area contributed by atoms with Crippen molar-refractivity contribution in [3.05, 3.63) is 88.4 Å². The van der Waals surface area contributed by atoms with E-state index < -0.39 is 0 Å². The van der Waals surface area contributed by atoms with Crippen molar-refractivity contribution in [2.24, 2.45) is 0 Å². The molecule has 0 saturated carbocycles. The summed E-state index contributed by atoms with van der Waals surface area (Å²) >= 11 is 6.21. The van der Waals surface area contributed by atoms with Crippen molar-refractivity contribution in [2.45, 2.75) is 13.8 Å². The minimum atomic E-state index is 0. The summed E-state index contributed by atoms with van der Waals surface area (Å²) in [5.41, 5.74) is 2.62. The average Bonchev–Trinajstić information content (AvgIpc) is 2.58. The minimum Gasteiger partial charge on any atom is -0.457 e. The molecule has 3 aromatic rings. The molecule has 0 amide bonds. The van der Waals surface area contributed by atoms with E-state index in [1.807, 2.05) is 74.5 Å². The fourth-order valence-corrected chi connectivity index (χ4v) is 4.09. The van der Waals surface area contributed by atoms with E-state index in [0.29, 0.717) is 10.6 Å². The summed E-state index contributed by atoms with van der Waals surface area (Å²) in [6, 6.07) is 21.0. The predicted molar refractivity (Wildman–Crippen MR) is 112 cm³/mol.